The molecule has 0 spiro atoms. The van der Waals surface area contributed by atoms with E-state index < -0.39 is 10.0 Å². The van der Waals surface area contributed by atoms with E-state index in [0.29, 0.717) is 30.8 Å². The van der Waals surface area contributed by atoms with Gasteiger partial charge >= 0.3 is 0 Å². The normalized spacial score (nSPS) is 11.9. The molecule has 7 nitrogen and oxygen atoms in total. The number of hydrogen-bond acceptors (Lipinski definition) is 6. The molecule has 0 fully saturated rings. The van der Waals surface area contributed by atoms with Crippen molar-refractivity contribution in [2.45, 2.75) is 31.2 Å². The zero-order valence-corrected chi connectivity index (χ0v) is 12.7. The van der Waals surface area contributed by atoms with Gasteiger partial charge in [0.05, 0.1) is 4.90 Å². The summed E-state index contributed by atoms with van der Waals surface area (Å²) in [7, 11) is -3.46. The van der Waals surface area contributed by atoms with Gasteiger partial charge in [0.25, 0.3) is 0 Å². The number of H-pyrrole nitrogens is 1. The van der Waals surface area contributed by atoms with Crippen LogP contribution in [0, 0.1) is 6.92 Å². The molecule has 0 aliphatic heterocycles. The van der Waals surface area contributed by atoms with Crippen LogP contribution in [0.2, 0.25) is 0 Å². The maximum Gasteiger partial charge on any atom is 0.241 e. The van der Waals surface area contributed by atoms with Gasteiger partial charge in [0, 0.05) is 29.3 Å². The molecular formula is C11H17N5O2S2. The Labute approximate surface area is 121 Å². The van der Waals surface area contributed by atoms with Gasteiger partial charge in [-0.3, -0.25) is 5.10 Å². The first-order chi connectivity index (χ1) is 9.53. The lowest BCUT2D eigenvalue weighted by atomic mass is 10.3. The van der Waals surface area contributed by atoms with E-state index in [9.17, 15) is 8.42 Å². The van der Waals surface area contributed by atoms with Crippen molar-refractivity contribution in [3.8, 4) is 0 Å². The van der Waals surface area contributed by atoms with Crippen molar-refractivity contribution in [3.05, 3.63) is 28.0 Å². The number of nitrogens with two attached hydrogens (primary N) is 1. The van der Waals surface area contributed by atoms with E-state index in [4.69, 9.17) is 5.73 Å². The van der Waals surface area contributed by atoms with Gasteiger partial charge in [0.15, 0.2) is 0 Å². The fourth-order valence-corrected chi connectivity index (χ4v) is 4.37. The van der Waals surface area contributed by atoms with Gasteiger partial charge in [-0.25, -0.2) is 18.1 Å². The molecule has 2 heterocycles. The van der Waals surface area contributed by atoms with Crippen LogP contribution in [0.4, 0.5) is 0 Å². The molecular weight excluding hydrogens is 298 g/mol. The topological polar surface area (TPSA) is 114 Å². The molecule has 0 amide bonds. The van der Waals surface area contributed by atoms with Gasteiger partial charge in [0.2, 0.25) is 10.0 Å². The molecule has 0 saturated carbocycles. The molecule has 2 aromatic rings. The standard InChI is InChI=1S/C11H17N5O2S2/c1-8-10(5-9(6-12)19-8)20(17,18)15-4-2-3-11-13-7-14-16-11/h5,7,15H,2-4,6,12H2,1H3,(H,13,14,16). The Hall–Kier alpha value is -1.29. The van der Waals surface area contributed by atoms with Crippen LogP contribution in [0.15, 0.2) is 17.3 Å². The van der Waals surface area contributed by atoms with E-state index in [1.165, 1.54) is 17.7 Å². The summed E-state index contributed by atoms with van der Waals surface area (Å²) in [5.74, 6) is 0.751. The number of sulfonamides is 1. The van der Waals surface area contributed by atoms with Gasteiger partial charge in [-0.1, -0.05) is 0 Å². The van der Waals surface area contributed by atoms with E-state index in [-0.39, 0.29) is 0 Å². The molecule has 0 aliphatic rings. The molecule has 2 aromatic heterocycles. The van der Waals surface area contributed by atoms with E-state index in [1.54, 1.807) is 13.0 Å². The van der Waals surface area contributed by atoms with Crippen LogP contribution in [0.3, 0.4) is 0 Å². The molecule has 0 atom stereocenters. The van der Waals surface area contributed by atoms with Crippen LogP contribution in [-0.4, -0.2) is 30.1 Å². The quantitative estimate of drug-likeness (QED) is 0.645. The molecule has 0 aliphatic carbocycles. The lowest BCUT2D eigenvalue weighted by Gasteiger charge is -2.05. The summed E-state index contributed by atoms with van der Waals surface area (Å²) in [4.78, 5) is 5.93. The highest BCUT2D eigenvalue weighted by Gasteiger charge is 2.19. The second-order valence-electron chi connectivity index (χ2n) is 4.27. The Morgan fingerprint density at radius 1 is 1.50 bits per heavy atom. The predicted octanol–water partition coefficient (Wildman–Crippen LogP) is 0.544. The van der Waals surface area contributed by atoms with Crippen molar-refractivity contribution < 1.29 is 8.42 Å². The lowest BCUT2D eigenvalue weighted by molar-refractivity contribution is 0.578. The van der Waals surface area contributed by atoms with Crippen LogP contribution >= 0.6 is 11.3 Å². The third-order valence-electron chi connectivity index (χ3n) is 2.76. The lowest BCUT2D eigenvalue weighted by Crippen LogP contribution is -2.25. The molecule has 0 radical (unpaired) electrons. The van der Waals surface area contributed by atoms with Crippen LogP contribution in [0.25, 0.3) is 0 Å². The Morgan fingerprint density at radius 2 is 2.30 bits per heavy atom. The molecule has 0 saturated heterocycles. The first kappa shape index (κ1) is 15.1. The number of aryl methyl sites for hydroxylation is 2. The summed E-state index contributed by atoms with van der Waals surface area (Å²) < 4.78 is 26.9. The Bertz CT molecular complexity index is 648. The summed E-state index contributed by atoms with van der Waals surface area (Å²) in [6.07, 6.45) is 2.74. The first-order valence-corrected chi connectivity index (χ1v) is 8.46. The Morgan fingerprint density at radius 3 is 2.90 bits per heavy atom. The number of rotatable bonds is 7. The van der Waals surface area contributed by atoms with E-state index in [0.717, 1.165) is 15.6 Å². The zero-order valence-electron chi connectivity index (χ0n) is 11.1. The molecule has 9 heteroatoms. The zero-order chi connectivity index (χ0) is 14.6. The van der Waals surface area contributed by atoms with Crippen molar-refractivity contribution in [3.63, 3.8) is 0 Å². The van der Waals surface area contributed by atoms with Gasteiger partial charge in [-0.05, 0) is 19.4 Å². The van der Waals surface area contributed by atoms with E-state index in [1.807, 2.05) is 0 Å². The average molecular weight is 315 g/mol. The monoisotopic (exact) mass is 315 g/mol. The Balaban J connectivity index is 1.91. The number of nitrogens with zero attached hydrogens (tertiary/aromatic N) is 2. The number of hydrogen-bond donors (Lipinski definition) is 3. The summed E-state index contributed by atoms with van der Waals surface area (Å²) in [6, 6.07) is 1.64. The minimum absolute atomic E-state index is 0.322. The SMILES string of the molecule is Cc1sc(CN)cc1S(=O)(=O)NCCCc1ncn[nH]1. The van der Waals surface area contributed by atoms with Gasteiger partial charge in [0.1, 0.15) is 12.2 Å². The molecule has 110 valence electrons. The summed E-state index contributed by atoms with van der Waals surface area (Å²) >= 11 is 1.41. The van der Waals surface area contributed by atoms with Gasteiger partial charge in [-0.15, -0.1) is 11.3 Å². The number of thiophene rings is 1. The van der Waals surface area contributed by atoms with Crippen LogP contribution in [-0.2, 0) is 23.0 Å². The van der Waals surface area contributed by atoms with E-state index in [2.05, 4.69) is 19.9 Å². The number of aromatic amines is 1. The highest BCUT2D eigenvalue weighted by Crippen LogP contribution is 2.25. The smallest absolute Gasteiger partial charge is 0.241 e. The molecule has 0 bridgehead atoms. The second-order valence-corrected chi connectivity index (χ2v) is 7.35. The third-order valence-corrected chi connectivity index (χ3v) is 5.55. The van der Waals surface area contributed by atoms with Crippen molar-refractivity contribution in [2.24, 2.45) is 5.73 Å². The summed E-state index contributed by atoms with van der Waals surface area (Å²) in [5, 5.41) is 6.47. The highest BCUT2D eigenvalue weighted by atomic mass is 32.2. The van der Waals surface area contributed by atoms with Crippen LogP contribution in [0.5, 0.6) is 0 Å². The van der Waals surface area contributed by atoms with E-state index >= 15 is 0 Å². The second kappa shape index (κ2) is 6.44. The van der Waals surface area contributed by atoms with Gasteiger partial charge in [-0.2, -0.15) is 5.10 Å². The molecule has 20 heavy (non-hydrogen) atoms. The van der Waals surface area contributed by atoms with Crippen LogP contribution in [0.1, 0.15) is 22.0 Å². The van der Waals surface area contributed by atoms with Crippen molar-refractivity contribution in [1.82, 2.24) is 19.9 Å². The maximum absolute atomic E-state index is 12.2. The minimum Gasteiger partial charge on any atom is -0.326 e. The average Bonchev–Trinajstić information content (AvgIpc) is 3.04. The van der Waals surface area contributed by atoms with Crippen molar-refractivity contribution in [1.29, 1.82) is 0 Å². The minimum atomic E-state index is -3.46. The fourth-order valence-electron chi connectivity index (χ4n) is 1.78. The summed E-state index contributed by atoms with van der Waals surface area (Å²) in [6.45, 7) is 2.50. The molecule has 2 rings (SSSR count). The Kier molecular flexibility index (Phi) is 4.86. The molecule has 0 unspecified atom stereocenters. The van der Waals surface area contributed by atoms with Gasteiger partial charge < -0.3 is 5.73 Å². The van der Waals surface area contributed by atoms with Crippen LogP contribution < -0.4 is 10.5 Å². The third kappa shape index (κ3) is 3.63. The van der Waals surface area contributed by atoms with Crippen molar-refractivity contribution in [2.75, 3.05) is 6.54 Å². The molecule has 4 N–H and O–H groups in total. The fraction of sp³-hybridized carbons (Fsp3) is 0.455. The highest BCUT2D eigenvalue weighted by molar-refractivity contribution is 7.89. The first-order valence-electron chi connectivity index (χ1n) is 6.16. The largest absolute Gasteiger partial charge is 0.326 e. The number of nitrogens with one attached hydrogen (secondary N) is 2. The number of aromatic nitrogens is 3. The molecule has 0 aromatic carbocycles. The summed E-state index contributed by atoms with van der Waals surface area (Å²) in [5.41, 5.74) is 5.53. The predicted molar refractivity (Wildman–Crippen MR) is 76.8 cm³/mol. The van der Waals surface area contributed by atoms with Crippen molar-refractivity contribution >= 4 is 21.4 Å². The maximum atomic E-state index is 12.2.